The summed E-state index contributed by atoms with van der Waals surface area (Å²) in [6.45, 7) is 3.97. The zero-order valence-electron chi connectivity index (χ0n) is 10.5. The predicted octanol–water partition coefficient (Wildman–Crippen LogP) is 3.68. The van der Waals surface area contributed by atoms with Crippen LogP contribution < -0.4 is 5.73 Å². The fourth-order valence-corrected chi connectivity index (χ4v) is 2.30. The maximum absolute atomic E-state index is 13.8. The molecule has 4 heteroatoms. The molecule has 0 bridgehead atoms. The van der Waals surface area contributed by atoms with E-state index in [0.29, 0.717) is 10.6 Å². The molecule has 0 amide bonds. The number of hydrogen-bond donors (Lipinski definition) is 1. The topological polar surface area (TPSA) is 35.2 Å². The number of benzene rings is 1. The van der Waals surface area contributed by atoms with E-state index >= 15 is 0 Å². The van der Waals surface area contributed by atoms with Crippen molar-refractivity contribution >= 4 is 11.6 Å². The van der Waals surface area contributed by atoms with Gasteiger partial charge in [-0.2, -0.15) is 0 Å². The van der Waals surface area contributed by atoms with Crippen molar-refractivity contribution < 1.29 is 9.13 Å². The second-order valence-electron chi connectivity index (χ2n) is 4.12. The van der Waals surface area contributed by atoms with Gasteiger partial charge in [-0.3, -0.25) is 0 Å². The van der Waals surface area contributed by atoms with E-state index in [1.165, 1.54) is 6.07 Å². The lowest BCUT2D eigenvalue weighted by Gasteiger charge is -2.36. The third-order valence-electron chi connectivity index (χ3n) is 3.47. The summed E-state index contributed by atoms with van der Waals surface area (Å²) in [6.07, 6.45) is 1.45. The highest BCUT2D eigenvalue weighted by atomic mass is 35.5. The van der Waals surface area contributed by atoms with Crippen molar-refractivity contribution in [2.24, 2.45) is 5.73 Å². The van der Waals surface area contributed by atoms with Crippen LogP contribution >= 0.6 is 11.6 Å². The molecule has 2 nitrogen and oxygen atoms in total. The molecule has 0 aromatic heterocycles. The lowest BCUT2D eigenvalue weighted by Crippen LogP contribution is -2.42. The van der Waals surface area contributed by atoms with Crippen LogP contribution in [0.3, 0.4) is 0 Å². The van der Waals surface area contributed by atoms with Crippen molar-refractivity contribution in [2.45, 2.75) is 38.3 Å². The maximum Gasteiger partial charge on any atom is 0.129 e. The second-order valence-corrected chi connectivity index (χ2v) is 4.56. The predicted molar refractivity (Wildman–Crippen MR) is 68.7 cm³/mol. The minimum Gasteiger partial charge on any atom is -0.376 e. The molecule has 1 aromatic carbocycles. The quantitative estimate of drug-likeness (QED) is 0.875. The fraction of sp³-hybridized carbons (Fsp3) is 0.538. The third-order valence-corrected chi connectivity index (χ3v) is 3.70. The average molecular weight is 260 g/mol. The van der Waals surface area contributed by atoms with Gasteiger partial charge in [0.2, 0.25) is 0 Å². The molecule has 2 N–H and O–H groups in total. The Morgan fingerprint density at radius 2 is 2.00 bits per heavy atom. The smallest absolute Gasteiger partial charge is 0.129 e. The number of rotatable bonds is 5. The van der Waals surface area contributed by atoms with Crippen molar-refractivity contribution in [1.29, 1.82) is 0 Å². The summed E-state index contributed by atoms with van der Waals surface area (Å²) in [4.78, 5) is 0. The molecule has 1 unspecified atom stereocenters. The van der Waals surface area contributed by atoms with Crippen molar-refractivity contribution in [1.82, 2.24) is 0 Å². The van der Waals surface area contributed by atoms with Gasteiger partial charge >= 0.3 is 0 Å². The van der Waals surface area contributed by atoms with Crippen LogP contribution in [0.2, 0.25) is 5.02 Å². The first-order valence-electron chi connectivity index (χ1n) is 5.76. The first kappa shape index (κ1) is 14.4. The Labute approximate surface area is 107 Å². The number of halogens is 2. The Bertz CT molecular complexity index is 371. The number of methoxy groups -OCH3 is 1. The largest absolute Gasteiger partial charge is 0.376 e. The van der Waals surface area contributed by atoms with Crippen molar-refractivity contribution in [3.05, 3.63) is 34.6 Å². The Morgan fingerprint density at radius 1 is 1.41 bits per heavy atom. The van der Waals surface area contributed by atoms with Gasteiger partial charge in [-0.05, 0) is 25.0 Å². The van der Waals surface area contributed by atoms with E-state index in [-0.39, 0.29) is 5.82 Å². The van der Waals surface area contributed by atoms with Gasteiger partial charge in [0.25, 0.3) is 0 Å². The molecule has 0 aliphatic rings. The Balaban J connectivity index is 3.13. The van der Waals surface area contributed by atoms with Crippen LogP contribution in [-0.4, -0.2) is 12.7 Å². The number of ether oxygens (including phenoxy) is 1. The molecule has 17 heavy (non-hydrogen) atoms. The summed E-state index contributed by atoms with van der Waals surface area (Å²) in [5, 5.41) is 0.370. The van der Waals surface area contributed by atoms with Crippen molar-refractivity contribution in [3.63, 3.8) is 0 Å². The standard InChI is InChI=1S/C13H19ClFNO/c1-4-13(5-2,17-3)12(16)10-7-6-9(14)8-11(10)15/h6-8,12H,4-5,16H2,1-3H3. The summed E-state index contributed by atoms with van der Waals surface area (Å²) in [7, 11) is 1.61. The van der Waals surface area contributed by atoms with Gasteiger partial charge in [0, 0.05) is 17.7 Å². The molecule has 1 atom stereocenters. The lowest BCUT2D eigenvalue weighted by atomic mass is 9.84. The molecule has 0 heterocycles. The van der Waals surface area contributed by atoms with Crippen LogP contribution in [0.15, 0.2) is 18.2 Å². The molecule has 0 saturated heterocycles. The van der Waals surface area contributed by atoms with Gasteiger partial charge in [-0.25, -0.2) is 4.39 Å². The molecule has 1 rings (SSSR count). The van der Waals surface area contributed by atoms with Crippen LogP contribution in [-0.2, 0) is 4.74 Å². The Kier molecular flexibility index (Phi) is 4.92. The molecule has 0 saturated carbocycles. The molecule has 1 aromatic rings. The number of hydrogen-bond acceptors (Lipinski definition) is 2. The molecule has 0 radical (unpaired) electrons. The molecule has 0 aliphatic heterocycles. The van der Waals surface area contributed by atoms with Gasteiger partial charge in [-0.1, -0.05) is 31.5 Å². The lowest BCUT2D eigenvalue weighted by molar-refractivity contribution is -0.0393. The highest BCUT2D eigenvalue weighted by Crippen LogP contribution is 2.34. The van der Waals surface area contributed by atoms with E-state index < -0.39 is 11.6 Å². The highest BCUT2D eigenvalue weighted by molar-refractivity contribution is 6.30. The fourth-order valence-electron chi connectivity index (χ4n) is 2.14. The minimum absolute atomic E-state index is 0.370. The van der Waals surface area contributed by atoms with E-state index in [1.54, 1.807) is 19.2 Å². The molecular formula is C13H19ClFNO. The molecule has 0 spiro atoms. The van der Waals surface area contributed by atoms with E-state index in [0.717, 1.165) is 12.8 Å². The normalized spacial score (nSPS) is 13.8. The van der Waals surface area contributed by atoms with Gasteiger partial charge in [0.05, 0.1) is 11.6 Å². The summed E-state index contributed by atoms with van der Waals surface area (Å²) in [6, 6.07) is 4.05. The van der Waals surface area contributed by atoms with Gasteiger partial charge < -0.3 is 10.5 Å². The third kappa shape index (κ3) is 2.79. The van der Waals surface area contributed by atoms with E-state index in [1.807, 2.05) is 13.8 Å². The highest BCUT2D eigenvalue weighted by Gasteiger charge is 2.35. The Morgan fingerprint density at radius 3 is 2.41 bits per heavy atom. The van der Waals surface area contributed by atoms with E-state index in [2.05, 4.69) is 0 Å². The van der Waals surface area contributed by atoms with Gasteiger partial charge in [-0.15, -0.1) is 0 Å². The second kappa shape index (κ2) is 5.80. The van der Waals surface area contributed by atoms with Crippen molar-refractivity contribution in [2.75, 3.05) is 7.11 Å². The molecule has 0 aliphatic carbocycles. The zero-order chi connectivity index (χ0) is 13.1. The summed E-state index contributed by atoms with van der Waals surface area (Å²) < 4.78 is 19.3. The van der Waals surface area contributed by atoms with Gasteiger partial charge in [0.1, 0.15) is 5.82 Å². The maximum atomic E-state index is 13.8. The summed E-state index contributed by atoms with van der Waals surface area (Å²) in [5.41, 5.74) is 6.06. The van der Waals surface area contributed by atoms with Crippen molar-refractivity contribution in [3.8, 4) is 0 Å². The summed E-state index contributed by atoms with van der Waals surface area (Å²) in [5.74, 6) is -0.381. The SMILES string of the molecule is CCC(CC)(OC)C(N)c1ccc(Cl)cc1F. The molecule has 0 fully saturated rings. The summed E-state index contributed by atoms with van der Waals surface area (Å²) >= 11 is 5.73. The van der Waals surface area contributed by atoms with Crippen LogP contribution in [0.1, 0.15) is 38.3 Å². The van der Waals surface area contributed by atoms with E-state index in [9.17, 15) is 4.39 Å². The average Bonchev–Trinajstić information content (AvgIpc) is 2.32. The van der Waals surface area contributed by atoms with Crippen LogP contribution in [0.5, 0.6) is 0 Å². The minimum atomic E-state index is -0.533. The monoisotopic (exact) mass is 259 g/mol. The molecular weight excluding hydrogens is 241 g/mol. The van der Waals surface area contributed by atoms with Crippen LogP contribution in [0, 0.1) is 5.82 Å². The number of nitrogens with two attached hydrogens (primary N) is 1. The van der Waals surface area contributed by atoms with Gasteiger partial charge in [0.15, 0.2) is 0 Å². The first-order valence-corrected chi connectivity index (χ1v) is 6.14. The van der Waals surface area contributed by atoms with Crippen LogP contribution in [0.4, 0.5) is 4.39 Å². The Hall–Kier alpha value is -0.640. The zero-order valence-corrected chi connectivity index (χ0v) is 11.2. The molecule has 96 valence electrons. The van der Waals surface area contributed by atoms with E-state index in [4.69, 9.17) is 22.1 Å². The van der Waals surface area contributed by atoms with Crippen LogP contribution in [0.25, 0.3) is 0 Å². The first-order chi connectivity index (χ1) is 8.00.